The van der Waals surface area contributed by atoms with Crippen molar-refractivity contribution in [1.82, 2.24) is 5.32 Å². The third kappa shape index (κ3) is 4.09. The lowest BCUT2D eigenvalue weighted by molar-refractivity contribution is 0.0874. The minimum Gasteiger partial charge on any atom is -0.497 e. The molecule has 2 unspecified atom stereocenters. The summed E-state index contributed by atoms with van der Waals surface area (Å²) in [6, 6.07) is 5.85. The van der Waals surface area contributed by atoms with Gasteiger partial charge in [0, 0.05) is 38.3 Å². The normalized spacial score (nSPS) is 21.5. The van der Waals surface area contributed by atoms with Crippen LogP contribution >= 0.6 is 0 Å². The molecule has 1 fully saturated rings. The summed E-state index contributed by atoms with van der Waals surface area (Å²) >= 11 is 0. The molecule has 5 nitrogen and oxygen atoms in total. The van der Waals surface area contributed by atoms with Crippen LogP contribution in [0, 0.1) is 5.92 Å². The molecule has 1 N–H and O–H groups in total. The largest absolute Gasteiger partial charge is 0.497 e. The minimum absolute atomic E-state index is 0.0464. The number of rotatable bonds is 8. The second-order valence-corrected chi connectivity index (χ2v) is 5.14. The van der Waals surface area contributed by atoms with Crippen LogP contribution in [0.3, 0.4) is 0 Å². The molecule has 1 aromatic rings. The van der Waals surface area contributed by atoms with E-state index in [9.17, 15) is 0 Å². The fourth-order valence-corrected chi connectivity index (χ4v) is 2.71. The van der Waals surface area contributed by atoms with Crippen LogP contribution < -0.4 is 14.8 Å². The van der Waals surface area contributed by atoms with Crippen molar-refractivity contribution in [1.29, 1.82) is 0 Å². The molecular formula is C16H25NO4. The number of benzene rings is 1. The van der Waals surface area contributed by atoms with Gasteiger partial charge in [0.05, 0.1) is 26.9 Å². The Hall–Kier alpha value is -1.30. The molecule has 1 saturated heterocycles. The van der Waals surface area contributed by atoms with Crippen LogP contribution in [-0.2, 0) is 9.47 Å². The third-order valence-electron chi connectivity index (χ3n) is 3.85. The lowest BCUT2D eigenvalue weighted by atomic mass is 9.94. The first-order valence-electron chi connectivity index (χ1n) is 7.33. The van der Waals surface area contributed by atoms with E-state index in [-0.39, 0.29) is 6.10 Å². The van der Waals surface area contributed by atoms with Crippen molar-refractivity contribution < 1.29 is 18.9 Å². The van der Waals surface area contributed by atoms with Crippen molar-refractivity contribution in [3.8, 4) is 11.5 Å². The third-order valence-corrected chi connectivity index (χ3v) is 3.85. The first kappa shape index (κ1) is 16.1. The molecule has 1 heterocycles. The maximum atomic E-state index is 5.94. The Morgan fingerprint density at radius 2 is 2.10 bits per heavy atom. The number of hydrogen-bond donors (Lipinski definition) is 1. The monoisotopic (exact) mass is 295 g/mol. The topological polar surface area (TPSA) is 49.0 Å². The molecule has 1 aliphatic heterocycles. The second kappa shape index (κ2) is 8.22. The van der Waals surface area contributed by atoms with Crippen LogP contribution in [0.5, 0.6) is 11.5 Å². The zero-order valence-electron chi connectivity index (χ0n) is 13.1. The molecule has 2 atom stereocenters. The van der Waals surface area contributed by atoms with Crippen LogP contribution in [0.1, 0.15) is 18.1 Å². The van der Waals surface area contributed by atoms with Crippen LogP contribution in [0.25, 0.3) is 0 Å². The Bertz CT molecular complexity index is 438. The molecule has 1 aliphatic rings. The zero-order chi connectivity index (χ0) is 15.1. The Kier molecular flexibility index (Phi) is 6.29. The van der Waals surface area contributed by atoms with Gasteiger partial charge < -0.3 is 24.3 Å². The molecule has 21 heavy (non-hydrogen) atoms. The summed E-state index contributed by atoms with van der Waals surface area (Å²) in [6.45, 7) is 3.27. The molecule has 0 spiro atoms. The molecule has 0 saturated carbocycles. The quantitative estimate of drug-likeness (QED) is 0.744. The van der Waals surface area contributed by atoms with Crippen molar-refractivity contribution in [3.05, 3.63) is 23.8 Å². The van der Waals surface area contributed by atoms with E-state index in [1.54, 1.807) is 21.3 Å². The van der Waals surface area contributed by atoms with Gasteiger partial charge in [0.2, 0.25) is 0 Å². The van der Waals surface area contributed by atoms with Gasteiger partial charge in [-0.3, -0.25) is 0 Å². The van der Waals surface area contributed by atoms with Crippen molar-refractivity contribution in [2.75, 3.05) is 47.6 Å². The summed E-state index contributed by atoms with van der Waals surface area (Å²) in [4.78, 5) is 0. The highest BCUT2D eigenvalue weighted by Crippen LogP contribution is 2.40. The van der Waals surface area contributed by atoms with Crippen molar-refractivity contribution >= 4 is 0 Å². The predicted octanol–water partition coefficient (Wildman–Crippen LogP) is 2.02. The average Bonchev–Trinajstić information content (AvgIpc) is 2.99. The van der Waals surface area contributed by atoms with Gasteiger partial charge in [-0.25, -0.2) is 0 Å². The summed E-state index contributed by atoms with van der Waals surface area (Å²) in [7, 11) is 5.07. The number of hydrogen-bond acceptors (Lipinski definition) is 5. The highest BCUT2D eigenvalue weighted by Gasteiger charge is 2.31. The Morgan fingerprint density at radius 1 is 1.24 bits per heavy atom. The molecule has 0 aromatic heterocycles. The maximum Gasteiger partial charge on any atom is 0.124 e. The van der Waals surface area contributed by atoms with E-state index in [0.717, 1.165) is 49.8 Å². The van der Waals surface area contributed by atoms with Gasteiger partial charge in [-0.15, -0.1) is 0 Å². The van der Waals surface area contributed by atoms with Gasteiger partial charge in [-0.2, -0.15) is 0 Å². The smallest absolute Gasteiger partial charge is 0.124 e. The first-order chi connectivity index (χ1) is 10.3. The van der Waals surface area contributed by atoms with E-state index >= 15 is 0 Å². The first-order valence-corrected chi connectivity index (χ1v) is 7.33. The van der Waals surface area contributed by atoms with E-state index in [1.807, 2.05) is 18.2 Å². The van der Waals surface area contributed by atoms with E-state index in [2.05, 4.69) is 5.32 Å². The Balaban J connectivity index is 2.07. The summed E-state index contributed by atoms with van der Waals surface area (Å²) in [5, 5.41) is 3.42. The number of methoxy groups -OCH3 is 3. The number of ether oxygens (including phenoxy) is 4. The molecule has 0 radical (unpaired) electrons. The average molecular weight is 295 g/mol. The summed E-state index contributed by atoms with van der Waals surface area (Å²) in [5.41, 5.74) is 1.06. The molecule has 118 valence electrons. The predicted molar refractivity (Wildman–Crippen MR) is 81.1 cm³/mol. The molecular weight excluding hydrogens is 270 g/mol. The SMILES string of the molecule is COCCNCC1CCOC1c1cc(OC)ccc1OC. The lowest BCUT2D eigenvalue weighted by Crippen LogP contribution is -2.27. The molecule has 0 amide bonds. The lowest BCUT2D eigenvalue weighted by Gasteiger charge is -2.22. The van der Waals surface area contributed by atoms with Gasteiger partial charge in [0.25, 0.3) is 0 Å². The summed E-state index contributed by atoms with van der Waals surface area (Å²) < 4.78 is 21.8. The highest BCUT2D eigenvalue weighted by atomic mass is 16.5. The van der Waals surface area contributed by atoms with Crippen molar-refractivity contribution in [2.24, 2.45) is 5.92 Å². The molecule has 0 aliphatic carbocycles. The van der Waals surface area contributed by atoms with E-state index < -0.39 is 0 Å². The maximum absolute atomic E-state index is 5.94. The highest BCUT2D eigenvalue weighted by molar-refractivity contribution is 5.42. The van der Waals surface area contributed by atoms with E-state index in [0.29, 0.717) is 5.92 Å². The van der Waals surface area contributed by atoms with Crippen LogP contribution in [0.2, 0.25) is 0 Å². The van der Waals surface area contributed by atoms with Crippen LogP contribution in [-0.4, -0.2) is 47.6 Å². The van der Waals surface area contributed by atoms with Gasteiger partial charge in [-0.1, -0.05) is 0 Å². The molecule has 0 bridgehead atoms. The Morgan fingerprint density at radius 3 is 2.81 bits per heavy atom. The van der Waals surface area contributed by atoms with Gasteiger partial charge in [0.1, 0.15) is 11.5 Å². The second-order valence-electron chi connectivity index (χ2n) is 5.14. The van der Waals surface area contributed by atoms with Crippen LogP contribution in [0.15, 0.2) is 18.2 Å². The zero-order valence-corrected chi connectivity index (χ0v) is 13.1. The fourth-order valence-electron chi connectivity index (χ4n) is 2.71. The molecule has 2 rings (SSSR count). The standard InChI is InChI=1S/C16H25NO4/c1-18-9-7-17-11-12-6-8-21-16(12)14-10-13(19-2)4-5-15(14)20-3/h4-5,10,12,16-17H,6-9,11H2,1-3H3. The van der Waals surface area contributed by atoms with Gasteiger partial charge >= 0.3 is 0 Å². The molecule has 5 heteroatoms. The number of nitrogens with one attached hydrogen (secondary N) is 1. The van der Waals surface area contributed by atoms with Crippen molar-refractivity contribution in [3.63, 3.8) is 0 Å². The Labute approximate surface area is 126 Å². The molecule has 1 aromatic carbocycles. The fraction of sp³-hybridized carbons (Fsp3) is 0.625. The van der Waals surface area contributed by atoms with Crippen LogP contribution in [0.4, 0.5) is 0 Å². The van der Waals surface area contributed by atoms with E-state index in [4.69, 9.17) is 18.9 Å². The van der Waals surface area contributed by atoms with Gasteiger partial charge in [0.15, 0.2) is 0 Å². The summed E-state index contributed by atoms with van der Waals surface area (Å²) in [6.07, 6.45) is 1.09. The minimum atomic E-state index is 0.0464. The van der Waals surface area contributed by atoms with E-state index in [1.165, 1.54) is 0 Å². The van der Waals surface area contributed by atoms with Gasteiger partial charge in [-0.05, 0) is 24.6 Å². The summed E-state index contributed by atoms with van der Waals surface area (Å²) in [5.74, 6) is 2.11. The van der Waals surface area contributed by atoms with Crippen molar-refractivity contribution in [2.45, 2.75) is 12.5 Å².